The number of rotatable bonds is 2. The summed E-state index contributed by atoms with van der Waals surface area (Å²) in [6.07, 6.45) is 1.77. The van der Waals surface area contributed by atoms with Crippen molar-refractivity contribution in [2.45, 2.75) is 26.4 Å². The van der Waals surface area contributed by atoms with Crippen LogP contribution in [-0.2, 0) is 4.74 Å². The minimum atomic E-state index is 0.541. The molecule has 0 unspecified atom stereocenters. The van der Waals surface area contributed by atoms with Gasteiger partial charge >= 0.3 is 0 Å². The first-order chi connectivity index (χ1) is 4.79. The molecule has 1 fully saturated rings. The molecule has 60 valence electrons. The van der Waals surface area contributed by atoms with E-state index < -0.39 is 0 Å². The van der Waals surface area contributed by atoms with E-state index in [-0.39, 0.29) is 0 Å². The lowest BCUT2D eigenvalue weighted by atomic mass is 10.1. The van der Waals surface area contributed by atoms with Crippen LogP contribution in [0.2, 0.25) is 0 Å². The van der Waals surface area contributed by atoms with Crippen molar-refractivity contribution in [2.75, 3.05) is 18.1 Å². The Morgan fingerprint density at radius 2 is 2.40 bits per heavy atom. The molecule has 0 aromatic heterocycles. The summed E-state index contributed by atoms with van der Waals surface area (Å²) in [4.78, 5) is 0. The van der Waals surface area contributed by atoms with Crippen molar-refractivity contribution in [3.05, 3.63) is 0 Å². The summed E-state index contributed by atoms with van der Waals surface area (Å²) in [7, 11) is 0. The number of hydrogen-bond acceptors (Lipinski definition) is 2. The Balaban J connectivity index is 2.13. The van der Waals surface area contributed by atoms with Crippen molar-refractivity contribution >= 4 is 11.8 Å². The molecule has 0 aliphatic carbocycles. The van der Waals surface area contributed by atoms with Crippen LogP contribution in [0.3, 0.4) is 0 Å². The highest BCUT2D eigenvalue weighted by Crippen LogP contribution is 2.18. The lowest BCUT2D eigenvalue weighted by molar-refractivity contribution is 0.0609. The fraction of sp³-hybridized carbons (Fsp3) is 1.00. The van der Waals surface area contributed by atoms with E-state index in [1.165, 1.54) is 17.9 Å². The molecule has 0 radical (unpaired) electrons. The third kappa shape index (κ3) is 2.93. The van der Waals surface area contributed by atoms with Crippen LogP contribution < -0.4 is 0 Å². The Morgan fingerprint density at radius 3 is 2.90 bits per heavy atom. The summed E-state index contributed by atoms with van der Waals surface area (Å²) in [5.41, 5.74) is 0. The average molecular weight is 160 g/mol. The quantitative estimate of drug-likeness (QED) is 0.612. The lowest BCUT2D eigenvalue weighted by Gasteiger charge is -2.23. The molecule has 1 atom stereocenters. The van der Waals surface area contributed by atoms with Crippen LogP contribution in [0, 0.1) is 5.92 Å². The summed E-state index contributed by atoms with van der Waals surface area (Å²) < 4.78 is 5.57. The molecule has 0 N–H and O–H groups in total. The standard InChI is InChI=1S/C8H16OS/c1-7(2)5-8-6-10-4-3-9-8/h7-8H,3-6H2,1-2H3/t8-/m0/s1. The largest absolute Gasteiger partial charge is 0.376 e. The Labute approximate surface area is 67.5 Å². The fourth-order valence-corrected chi connectivity index (χ4v) is 2.07. The van der Waals surface area contributed by atoms with Crippen molar-refractivity contribution in [3.8, 4) is 0 Å². The van der Waals surface area contributed by atoms with Crippen LogP contribution in [-0.4, -0.2) is 24.2 Å². The van der Waals surface area contributed by atoms with Crippen LogP contribution in [0.25, 0.3) is 0 Å². The summed E-state index contributed by atoms with van der Waals surface area (Å²) in [6, 6.07) is 0. The van der Waals surface area contributed by atoms with Crippen molar-refractivity contribution in [2.24, 2.45) is 5.92 Å². The molecule has 1 nitrogen and oxygen atoms in total. The molecular formula is C8H16OS. The second-order valence-electron chi connectivity index (χ2n) is 3.20. The zero-order valence-electron chi connectivity index (χ0n) is 6.80. The molecule has 0 saturated carbocycles. The normalized spacial score (nSPS) is 27.3. The molecule has 1 heterocycles. The molecule has 0 bridgehead atoms. The first-order valence-corrected chi connectivity index (χ1v) is 5.14. The maximum absolute atomic E-state index is 5.57. The van der Waals surface area contributed by atoms with Gasteiger partial charge in [0.1, 0.15) is 0 Å². The Bertz CT molecular complexity index is 87.3. The summed E-state index contributed by atoms with van der Waals surface area (Å²) in [6.45, 7) is 5.47. The molecule has 1 aliphatic rings. The zero-order valence-corrected chi connectivity index (χ0v) is 7.62. The summed E-state index contributed by atoms with van der Waals surface area (Å²) in [5.74, 6) is 3.18. The van der Waals surface area contributed by atoms with E-state index in [4.69, 9.17) is 4.74 Å². The summed E-state index contributed by atoms with van der Waals surface area (Å²) >= 11 is 2.02. The first kappa shape index (κ1) is 8.41. The lowest BCUT2D eigenvalue weighted by Crippen LogP contribution is -2.24. The van der Waals surface area contributed by atoms with E-state index in [0.29, 0.717) is 6.10 Å². The van der Waals surface area contributed by atoms with E-state index in [1.54, 1.807) is 0 Å². The molecule has 0 aromatic rings. The van der Waals surface area contributed by atoms with Crippen LogP contribution in [0.5, 0.6) is 0 Å². The average Bonchev–Trinajstić information content (AvgIpc) is 1.88. The van der Waals surface area contributed by atoms with Crippen molar-refractivity contribution < 1.29 is 4.74 Å². The smallest absolute Gasteiger partial charge is 0.0668 e. The highest BCUT2D eigenvalue weighted by molar-refractivity contribution is 7.99. The minimum Gasteiger partial charge on any atom is -0.376 e. The Morgan fingerprint density at radius 1 is 1.60 bits per heavy atom. The van der Waals surface area contributed by atoms with Crippen molar-refractivity contribution in [1.29, 1.82) is 0 Å². The number of thioether (sulfide) groups is 1. The van der Waals surface area contributed by atoms with Crippen molar-refractivity contribution in [1.82, 2.24) is 0 Å². The first-order valence-electron chi connectivity index (χ1n) is 3.98. The van der Waals surface area contributed by atoms with Gasteiger partial charge in [0.2, 0.25) is 0 Å². The number of ether oxygens (including phenoxy) is 1. The third-order valence-electron chi connectivity index (χ3n) is 1.62. The van der Waals surface area contributed by atoms with Crippen LogP contribution in [0.1, 0.15) is 20.3 Å². The van der Waals surface area contributed by atoms with Gasteiger partial charge in [0, 0.05) is 11.5 Å². The SMILES string of the molecule is CC(C)C[C@H]1CSCCO1. The topological polar surface area (TPSA) is 9.23 Å². The second kappa shape index (κ2) is 4.24. The van der Waals surface area contributed by atoms with E-state index in [1.807, 2.05) is 11.8 Å². The Kier molecular flexibility index (Phi) is 3.57. The number of hydrogen-bond donors (Lipinski definition) is 0. The molecule has 1 saturated heterocycles. The van der Waals surface area contributed by atoms with E-state index in [0.717, 1.165) is 12.5 Å². The van der Waals surface area contributed by atoms with Gasteiger partial charge in [0.25, 0.3) is 0 Å². The fourth-order valence-electron chi connectivity index (χ4n) is 1.20. The van der Waals surface area contributed by atoms with Gasteiger partial charge in [-0.2, -0.15) is 11.8 Å². The van der Waals surface area contributed by atoms with Crippen LogP contribution >= 0.6 is 11.8 Å². The molecule has 1 aliphatic heterocycles. The molecule has 0 aromatic carbocycles. The van der Waals surface area contributed by atoms with E-state index >= 15 is 0 Å². The molecule has 0 spiro atoms. The van der Waals surface area contributed by atoms with Gasteiger partial charge in [-0.05, 0) is 12.3 Å². The molecule has 1 rings (SSSR count). The zero-order chi connectivity index (χ0) is 7.40. The van der Waals surface area contributed by atoms with Gasteiger partial charge in [-0.25, -0.2) is 0 Å². The highest BCUT2D eigenvalue weighted by atomic mass is 32.2. The van der Waals surface area contributed by atoms with Gasteiger partial charge in [0.15, 0.2) is 0 Å². The molecule has 10 heavy (non-hydrogen) atoms. The Hall–Kier alpha value is 0.310. The third-order valence-corrected chi connectivity index (χ3v) is 2.68. The predicted octanol–water partition coefficient (Wildman–Crippen LogP) is 2.16. The van der Waals surface area contributed by atoms with Gasteiger partial charge < -0.3 is 4.74 Å². The van der Waals surface area contributed by atoms with Gasteiger partial charge in [-0.15, -0.1) is 0 Å². The van der Waals surface area contributed by atoms with Gasteiger partial charge in [-0.1, -0.05) is 13.8 Å². The van der Waals surface area contributed by atoms with Crippen LogP contribution in [0.4, 0.5) is 0 Å². The maximum Gasteiger partial charge on any atom is 0.0668 e. The molecular weight excluding hydrogens is 144 g/mol. The minimum absolute atomic E-state index is 0.541. The summed E-state index contributed by atoms with van der Waals surface area (Å²) in [5, 5.41) is 0. The molecule has 2 heteroatoms. The van der Waals surface area contributed by atoms with E-state index in [2.05, 4.69) is 13.8 Å². The van der Waals surface area contributed by atoms with Gasteiger partial charge in [-0.3, -0.25) is 0 Å². The second-order valence-corrected chi connectivity index (χ2v) is 4.35. The van der Waals surface area contributed by atoms with Crippen molar-refractivity contribution in [3.63, 3.8) is 0 Å². The van der Waals surface area contributed by atoms with E-state index in [9.17, 15) is 0 Å². The van der Waals surface area contributed by atoms with Gasteiger partial charge in [0.05, 0.1) is 12.7 Å². The maximum atomic E-state index is 5.57. The highest BCUT2D eigenvalue weighted by Gasteiger charge is 2.14. The predicted molar refractivity (Wildman–Crippen MR) is 46.5 cm³/mol. The van der Waals surface area contributed by atoms with Crippen LogP contribution in [0.15, 0.2) is 0 Å². The monoisotopic (exact) mass is 160 g/mol. The molecule has 0 amide bonds.